The lowest BCUT2D eigenvalue weighted by Gasteiger charge is -2.11. The summed E-state index contributed by atoms with van der Waals surface area (Å²) in [6.07, 6.45) is 7.64. The molecule has 0 atom stereocenters. The van der Waals surface area contributed by atoms with Gasteiger partial charge in [0, 0.05) is 23.3 Å². The molecular weight excluding hydrogens is 873 g/mol. The predicted molar refractivity (Wildman–Crippen MR) is 255 cm³/mol. The SMILES string of the molecule is [C-]#[N+]/C(=C\c1ccc(OCCCCOC(=O)C=C)cc1)C(=O)Oc1ccc(/C(C)=N/N=C(\C)c2ccc(OC(=O)/C(C#N)=C/c3ccc(OCCCCOC(=O)C=C)cc3)c(OC)c2)cc1OC. The summed E-state index contributed by atoms with van der Waals surface area (Å²) in [4.78, 5) is 51.8. The largest absolute Gasteiger partial charge is 0.494 e. The van der Waals surface area contributed by atoms with Crippen molar-refractivity contribution in [1.82, 2.24) is 0 Å². The Labute approximate surface area is 394 Å². The molecule has 0 unspecified atom stereocenters. The summed E-state index contributed by atoms with van der Waals surface area (Å²) in [7, 11) is 2.83. The van der Waals surface area contributed by atoms with Gasteiger partial charge >= 0.3 is 23.9 Å². The third-order valence-electron chi connectivity index (χ3n) is 9.40. The van der Waals surface area contributed by atoms with Gasteiger partial charge < -0.3 is 37.9 Å². The van der Waals surface area contributed by atoms with Gasteiger partial charge in [0.15, 0.2) is 23.0 Å². The first-order valence-corrected chi connectivity index (χ1v) is 21.1. The highest BCUT2D eigenvalue weighted by atomic mass is 16.6. The molecule has 0 aliphatic carbocycles. The van der Waals surface area contributed by atoms with Gasteiger partial charge in [-0.25, -0.2) is 19.2 Å². The molecule has 350 valence electrons. The standard InChI is InChI=1S/C52H50N4O12/c1-8-49(57)65-28-12-10-26-63-42-20-14-37(15-21-42)30-41(34-53)51(59)67-45-24-18-39(32-47(45)61-6)35(3)55-56-36(4)40-19-25-46(48(33-40)62-7)68-52(60)44(54-5)31-38-16-22-43(23-17-38)64-27-11-13-29-66-50(58)9-2/h8-9,14-25,30-33H,1-2,10-13,26-29H2,3-4,6-7H3/b41-30+,44-31-,55-35+,56-36+. The number of nitrogens with zero attached hydrogens (tertiary/aromatic N) is 4. The summed E-state index contributed by atoms with van der Waals surface area (Å²) in [5, 5.41) is 18.5. The maximum atomic E-state index is 13.1. The van der Waals surface area contributed by atoms with E-state index in [1.165, 1.54) is 38.5 Å². The molecule has 0 saturated heterocycles. The van der Waals surface area contributed by atoms with E-state index in [-0.39, 0.29) is 47.5 Å². The van der Waals surface area contributed by atoms with Crippen LogP contribution in [0.15, 0.2) is 132 Å². The zero-order valence-electron chi connectivity index (χ0n) is 38.2. The second-order valence-electron chi connectivity index (χ2n) is 14.2. The second-order valence-corrected chi connectivity index (χ2v) is 14.2. The highest BCUT2D eigenvalue weighted by Crippen LogP contribution is 2.31. The summed E-state index contributed by atoms with van der Waals surface area (Å²) in [6, 6.07) is 25.2. The first kappa shape index (κ1) is 51.9. The number of benzene rings is 4. The van der Waals surface area contributed by atoms with Gasteiger partial charge in [0.25, 0.3) is 5.70 Å². The van der Waals surface area contributed by atoms with E-state index < -0.39 is 23.9 Å². The van der Waals surface area contributed by atoms with Crippen LogP contribution >= 0.6 is 0 Å². The Bertz CT molecular complexity index is 2470. The van der Waals surface area contributed by atoms with Crippen molar-refractivity contribution in [2.45, 2.75) is 39.5 Å². The van der Waals surface area contributed by atoms with Crippen molar-refractivity contribution >= 4 is 47.5 Å². The average molecular weight is 923 g/mol. The molecule has 0 spiro atoms. The Morgan fingerprint density at radius 2 is 1.04 bits per heavy atom. The Hall–Kier alpha value is -8.76. The van der Waals surface area contributed by atoms with Crippen LogP contribution in [0.25, 0.3) is 17.0 Å². The maximum absolute atomic E-state index is 13.1. The molecule has 0 amide bonds. The van der Waals surface area contributed by atoms with Crippen molar-refractivity contribution in [3.8, 4) is 40.6 Å². The van der Waals surface area contributed by atoms with E-state index in [0.29, 0.717) is 84.1 Å². The molecule has 16 nitrogen and oxygen atoms in total. The fourth-order valence-electron chi connectivity index (χ4n) is 5.70. The number of rotatable bonds is 25. The van der Waals surface area contributed by atoms with Crippen molar-refractivity contribution in [3.63, 3.8) is 0 Å². The molecule has 0 radical (unpaired) electrons. The van der Waals surface area contributed by atoms with E-state index in [1.54, 1.807) is 86.6 Å². The van der Waals surface area contributed by atoms with Crippen molar-refractivity contribution < 1.29 is 57.1 Å². The molecule has 4 aromatic carbocycles. The monoisotopic (exact) mass is 922 g/mol. The Morgan fingerprint density at radius 3 is 1.46 bits per heavy atom. The third kappa shape index (κ3) is 16.7. The van der Waals surface area contributed by atoms with Crippen LogP contribution in [0.5, 0.6) is 34.5 Å². The van der Waals surface area contributed by atoms with Crippen molar-refractivity contribution in [2.24, 2.45) is 10.2 Å². The van der Waals surface area contributed by atoms with Crippen LogP contribution in [0.2, 0.25) is 0 Å². The van der Waals surface area contributed by atoms with Crippen LogP contribution in [0, 0.1) is 17.9 Å². The van der Waals surface area contributed by atoms with Gasteiger partial charge in [-0.15, -0.1) is 0 Å². The number of carbonyl (C=O) groups is 4. The zero-order chi connectivity index (χ0) is 49.3. The maximum Gasteiger partial charge on any atom is 0.354 e. The highest BCUT2D eigenvalue weighted by Gasteiger charge is 2.18. The fraction of sp³-hybridized carbons (Fsp3) is 0.231. The fourth-order valence-corrected chi connectivity index (χ4v) is 5.70. The smallest absolute Gasteiger partial charge is 0.354 e. The van der Waals surface area contributed by atoms with Crippen LogP contribution in [0.3, 0.4) is 0 Å². The molecule has 4 rings (SSSR count). The third-order valence-corrected chi connectivity index (χ3v) is 9.40. The number of methoxy groups -OCH3 is 2. The first-order valence-electron chi connectivity index (χ1n) is 21.1. The van der Waals surface area contributed by atoms with Gasteiger partial charge in [0.1, 0.15) is 23.1 Å². The van der Waals surface area contributed by atoms with E-state index in [9.17, 15) is 24.4 Å². The summed E-state index contributed by atoms with van der Waals surface area (Å²) >= 11 is 0. The average Bonchev–Trinajstić information content (AvgIpc) is 3.36. The molecule has 0 aliphatic rings. The summed E-state index contributed by atoms with van der Waals surface area (Å²) in [5.74, 6) is -0.894. The summed E-state index contributed by atoms with van der Waals surface area (Å²) < 4.78 is 43.4. The Kier molecular flexibility index (Phi) is 21.0. The van der Waals surface area contributed by atoms with Gasteiger partial charge in [0.2, 0.25) is 0 Å². The highest BCUT2D eigenvalue weighted by molar-refractivity contribution is 6.03. The van der Waals surface area contributed by atoms with Gasteiger partial charge in [-0.3, -0.25) is 4.79 Å². The molecule has 0 heterocycles. The molecule has 16 heteroatoms. The first-order chi connectivity index (χ1) is 32.9. The van der Waals surface area contributed by atoms with E-state index in [4.69, 9.17) is 44.5 Å². The molecule has 0 fully saturated rings. The number of hydrogen-bond acceptors (Lipinski definition) is 15. The van der Waals surface area contributed by atoms with Crippen LogP contribution in [0.4, 0.5) is 0 Å². The van der Waals surface area contributed by atoms with Crippen LogP contribution in [-0.2, 0) is 28.7 Å². The number of hydrogen-bond donors (Lipinski definition) is 0. The number of unbranched alkanes of at least 4 members (excludes halogenated alkanes) is 2. The van der Waals surface area contributed by atoms with Gasteiger partial charge in [-0.1, -0.05) is 37.4 Å². The van der Waals surface area contributed by atoms with Gasteiger partial charge in [-0.2, -0.15) is 15.5 Å². The van der Waals surface area contributed by atoms with Crippen molar-refractivity contribution in [1.29, 1.82) is 5.26 Å². The lowest BCUT2D eigenvalue weighted by atomic mass is 10.1. The Balaban J connectivity index is 1.34. The van der Waals surface area contributed by atoms with E-state index >= 15 is 0 Å². The molecule has 0 saturated carbocycles. The molecule has 4 aromatic rings. The minimum absolute atomic E-state index is 0.0834. The number of nitriles is 1. The van der Waals surface area contributed by atoms with E-state index in [1.807, 2.05) is 6.07 Å². The van der Waals surface area contributed by atoms with Gasteiger partial charge in [0.05, 0.1) is 58.6 Å². The number of ether oxygens (including phenoxy) is 8. The minimum Gasteiger partial charge on any atom is -0.494 e. The lowest BCUT2D eigenvalue weighted by molar-refractivity contribution is -0.138. The van der Waals surface area contributed by atoms with Crippen LogP contribution in [-0.4, -0.2) is 75.9 Å². The topological polar surface area (TPSA) is 195 Å². The van der Waals surface area contributed by atoms with E-state index in [2.05, 4.69) is 28.2 Å². The van der Waals surface area contributed by atoms with Gasteiger partial charge in [-0.05, 0) is 123 Å². The summed E-state index contributed by atoms with van der Waals surface area (Å²) in [5.41, 5.74) is 2.88. The second kappa shape index (κ2) is 27.5. The van der Waals surface area contributed by atoms with Crippen molar-refractivity contribution in [3.05, 3.63) is 155 Å². The predicted octanol–water partition coefficient (Wildman–Crippen LogP) is 9.09. The number of carbonyl (C=O) groups excluding carboxylic acids is 4. The minimum atomic E-state index is -0.884. The molecule has 0 N–H and O–H groups in total. The van der Waals surface area contributed by atoms with E-state index in [0.717, 1.165) is 12.2 Å². The molecule has 0 aliphatic heterocycles. The van der Waals surface area contributed by atoms with Crippen LogP contribution < -0.4 is 28.4 Å². The summed E-state index contributed by atoms with van der Waals surface area (Å²) in [6.45, 7) is 19.2. The van der Waals surface area contributed by atoms with Crippen LogP contribution in [0.1, 0.15) is 61.8 Å². The molecular formula is C52H50N4O12. The number of esters is 4. The Morgan fingerprint density at radius 1 is 0.618 bits per heavy atom. The quantitative estimate of drug-likeness (QED) is 0.00893. The molecule has 68 heavy (non-hydrogen) atoms. The lowest BCUT2D eigenvalue weighted by Crippen LogP contribution is -2.11. The zero-order valence-corrected chi connectivity index (χ0v) is 38.2. The molecule has 0 bridgehead atoms. The normalized spacial score (nSPS) is 11.5. The van der Waals surface area contributed by atoms with Crippen molar-refractivity contribution in [2.75, 3.05) is 40.6 Å². The molecule has 0 aromatic heterocycles.